The number of thioether (sulfide) groups is 1. The van der Waals surface area contributed by atoms with Crippen LogP contribution in [0, 0.1) is 0 Å². The zero-order valence-corrected chi connectivity index (χ0v) is 11.3. The Balaban J connectivity index is 1.80. The van der Waals surface area contributed by atoms with E-state index < -0.39 is 5.60 Å². The van der Waals surface area contributed by atoms with Crippen LogP contribution >= 0.6 is 11.8 Å². The summed E-state index contributed by atoms with van der Waals surface area (Å²) in [6.07, 6.45) is 3.07. The van der Waals surface area contributed by atoms with Gasteiger partial charge in [-0.15, -0.1) is 0 Å². The molecule has 4 heteroatoms. The van der Waals surface area contributed by atoms with Crippen LogP contribution in [-0.2, 0) is 5.60 Å². The highest BCUT2D eigenvalue weighted by Crippen LogP contribution is 2.47. The predicted molar refractivity (Wildman–Crippen MR) is 72.5 cm³/mol. The Bertz CT molecular complexity index is 437. The molecule has 2 fully saturated rings. The van der Waals surface area contributed by atoms with E-state index in [1.807, 2.05) is 30.0 Å². The average Bonchev–Trinajstić information content (AvgIpc) is 2.93. The molecule has 1 heterocycles. The second-order valence-corrected chi connectivity index (χ2v) is 6.15. The third-order valence-electron chi connectivity index (χ3n) is 3.61. The van der Waals surface area contributed by atoms with Crippen LogP contribution in [0.3, 0.4) is 0 Å². The number of benzene rings is 1. The van der Waals surface area contributed by atoms with Crippen LogP contribution in [-0.4, -0.2) is 29.8 Å². The summed E-state index contributed by atoms with van der Waals surface area (Å²) in [5, 5.41) is 10.1. The number of aliphatic hydroxyl groups is 1. The van der Waals surface area contributed by atoms with Crippen molar-refractivity contribution in [1.29, 1.82) is 0 Å². The van der Waals surface area contributed by atoms with E-state index in [0.29, 0.717) is 6.10 Å². The van der Waals surface area contributed by atoms with Crippen molar-refractivity contribution in [2.24, 2.45) is 0 Å². The molecule has 1 aliphatic carbocycles. The molecular formula is C14H18O3S. The summed E-state index contributed by atoms with van der Waals surface area (Å²) in [6, 6.07) is 5.78. The monoisotopic (exact) mass is 266 g/mol. The summed E-state index contributed by atoms with van der Waals surface area (Å²) < 4.78 is 11.3. The van der Waals surface area contributed by atoms with Gasteiger partial charge in [0.15, 0.2) is 11.5 Å². The molecular weight excluding hydrogens is 248 g/mol. The van der Waals surface area contributed by atoms with Gasteiger partial charge in [0.05, 0.1) is 12.7 Å². The first-order valence-corrected chi connectivity index (χ1v) is 7.52. The highest BCUT2D eigenvalue weighted by molar-refractivity contribution is 7.99. The fourth-order valence-corrected chi connectivity index (χ4v) is 3.34. The molecule has 1 saturated heterocycles. The SMILES string of the molecule is COc1cc(C2(O)CC2)ccc1OC1CCSC1. The smallest absolute Gasteiger partial charge is 0.161 e. The Hall–Kier alpha value is -0.870. The minimum Gasteiger partial charge on any atom is -0.493 e. The highest BCUT2D eigenvalue weighted by atomic mass is 32.2. The van der Waals surface area contributed by atoms with Crippen molar-refractivity contribution in [2.45, 2.75) is 31.0 Å². The molecule has 1 unspecified atom stereocenters. The molecule has 0 radical (unpaired) electrons. The molecule has 0 aromatic heterocycles. The second-order valence-electron chi connectivity index (χ2n) is 5.00. The van der Waals surface area contributed by atoms with Crippen LogP contribution in [0.15, 0.2) is 18.2 Å². The number of hydrogen-bond donors (Lipinski definition) is 1. The molecule has 2 aliphatic rings. The summed E-state index contributed by atoms with van der Waals surface area (Å²) in [6.45, 7) is 0. The van der Waals surface area contributed by atoms with E-state index in [1.54, 1.807) is 7.11 Å². The molecule has 1 aromatic carbocycles. The molecule has 0 spiro atoms. The van der Waals surface area contributed by atoms with Crippen molar-refractivity contribution in [2.75, 3.05) is 18.6 Å². The fourth-order valence-electron chi connectivity index (χ4n) is 2.25. The van der Waals surface area contributed by atoms with Gasteiger partial charge in [0, 0.05) is 5.75 Å². The molecule has 98 valence electrons. The van der Waals surface area contributed by atoms with Crippen molar-refractivity contribution in [3.63, 3.8) is 0 Å². The van der Waals surface area contributed by atoms with Gasteiger partial charge in [-0.3, -0.25) is 0 Å². The van der Waals surface area contributed by atoms with E-state index in [2.05, 4.69) is 0 Å². The average molecular weight is 266 g/mol. The maximum absolute atomic E-state index is 10.1. The van der Waals surface area contributed by atoms with Crippen LogP contribution < -0.4 is 9.47 Å². The molecule has 0 bridgehead atoms. The lowest BCUT2D eigenvalue weighted by Gasteiger charge is -2.17. The molecule has 1 N–H and O–H groups in total. The number of methoxy groups -OCH3 is 1. The summed E-state index contributed by atoms with van der Waals surface area (Å²) >= 11 is 1.93. The van der Waals surface area contributed by atoms with Crippen LogP contribution in [0.5, 0.6) is 11.5 Å². The van der Waals surface area contributed by atoms with Crippen LogP contribution in [0.1, 0.15) is 24.8 Å². The van der Waals surface area contributed by atoms with E-state index in [9.17, 15) is 5.11 Å². The normalized spacial score (nSPS) is 24.9. The standard InChI is InChI=1S/C14H18O3S/c1-16-13-8-10(14(15)5-6-14)2-3-12(13)17-11-4-7-18-9-11/h2-3,8,11,15H,4-7,9H2,1H3. The molecule has 1 saturated carbocycles. The largest absolute Gasteiger partial charge is 0.493 e. The Morgan fingerprint density at radius 1 is 1.33 bits per heavy atom. The van der Waals surface area contributed by atoms with Gasteiger partial charge >= 0.3 is 0 Å². The van der Waals surface area contributed by atoms with Crippen LogP contribution in [0.25, 0.3) is 0 Å². The molecule has 18 heavy (non-hydrogen) atoms. The van der Waals surface area contributed by atoms with E-state index in [0.717, 1.165) is 42.1 Å². The van der Waals surface area contributed by atoms with Crippen molar-refractivity contribution >= 4 is 11.8 Å². The maximum atomic E-state index is 10.1. The Morgan fingerprint density at radius 3 is 2.78 bits per heavy atom. The van der Waals surface area contributed by atoms with Crippen LogP contribution in [0.4, 0.5) is 0 Å². The molecule has 3 nitrogen and oxygen atoms in total. The van der Waals surface area contributed by atoms with Crippen molar-refractivity contribution in [1.82, 2.24) is 0 Å². The van der Waals surface area contributed by atoms with Crippen molar-refractivity contribution in [3.05, 3.63) is 23.8 Å². The first kappa shape index (κ1) is 12.2. The molecule has 1 aliphatic heterocycles. The zero-order chi connectivity index (χ0) is 12.6. The lowest BCUT2D eigenvalue weighted by molar-refractivity contribution is 0.150. The molecule has 0 amide bonds. The van der Waals surface area contributed by atoms with Gasteiger partial charge in [-0.25, -0.2) is 0 Å². The number of hydrogen-bond acceptors (Lipinski definition) is 4. The first-order valence-electron chi connectivity index (χ1n) is 6.36. The fraction of sp³-hybridized carbons (Fsp3) is 0.571. The van der Waals surface area contributed by atoms with Gasteiger partial charge in [0.2, 0.25) is 0 Å². The lowest BCUT2D eigenvalue weighted by Crippen LogP contribution is -2.15. The molecule has 1 atom stereocenters. The Kier molecular flexibility index (Phi) is 3.16. The van der Waals surface area contributed by atoms with Crippen molar-refractivity contribution < 1.29 is 14.6 Å². The quantitative estimate of drug-likeness (QED) is 0.909. The van der Waals surface area contributed by atoms with Gasteiger partial charge < -0.3 is 14.6 Å². The van der Waals surface area contributed by atoms with E-state index >= 15 is 0 Å². The highest BCUT2D eigenvalue weighted by Gasteiger charge is 2.42. The van der Waals surface area contributed by atoms with Gasteiger partial charge in [-0.2, -0.15) is 11.8 Å². The van der Waals surface area contributed by atoms with Gasteiger partial charge in [0.1, 0.15) is 6.10 Å². The topological polar surface area (TPSA) is 38.7 Å². The van der Waals surface area contributed by atoms with E-state index in [-0.39, 0.29) is 0 Å². The Morgan fingerprint density at radius 2 is 2.17 bits per heavy atom. The second kappa shape index (κ2) is 4.67. The number of rotatable bonds is 4. The summed E-state index contributed by atoms with van der Waals surface area (Å²) in [4.78, 5) is 0. The van der Waals surface area contributed by atoms with Gasteiger partial charge in [0.25, 0.3) is 0 Å². The van der Waals surface area contributed by atoms with Crippen molar-refractivity contribution in [3.8, 4) is 11.5 Å². The summed E-state index contributed by atoms with van der Waals surface area (Å²) in [7, 11) is 1.65. The maximum Gasteiger partial charge on any atom is 0.161 e. The first-order chi connectivity index (χ1) is 8.71. The third kappa shape index (κ3) is 2.31. The van der Waals surface area contributed by atoms with Crippen LogP contribution in [0.2, 0.25) is 0 Å². The molecule has 1 aromatic rings. The van der Waals surface area contributed by atoms with Gasteiger partial charge in [-0.1, -0.05) is 6.07 Å². The lowest BCUT2D eigenvalue weighted by atomic mass is 10.1. The minimum atomic E-state index is -0.616. The number of ether oxygens (including phenoxy) is 2. The third-order valence-corrected chi connectivity index (χ3v) is 4.74. The minimum absolute atomic E-state index is 0.291. The molecule has 3 rings (SSSR count). The van der Waals surface area contributed by atoms with Gasteiger partial charge in [-0.05, 0) is 42.7 Å². The summed E-state index contributed by atoms with van der Waals surface area (Å²) in [5.41, 5.74) is 0.321. The Labute approximate surface area is 111 Å². The summed E-state index contributed by atoms with van der Waals surface area (Å²) in [5.74, 6) is 3.74. The van der Waals surface area contributed by atoms with E-state index in [1.165, 1.54) is 5.75 Å². The predicted octanol–water partition coefficient (Wildman–Crippen LogP) is 2.56. The zero-order valence-electron chi connectivity index (χ0n) is 10.5. The van der Waals surface area contributed by atoms with E-state index in [4.69, 9.17) is 9.47 Å².